The first-order chi connectivity index (χ1) is 9.00. The molecule has 5 nitrogen and oxygen atoms in total. The van der Waals surface area contributed by atoms with Crippen molar-refractivity contribution in [2.75, 3.05) is 13.6 Å². The van der Waals surface area contributed by atoms with Crippen LogP contribution in [0.2, 0.25) is 0 Å². The van der Waals surface area contributed by atoms with E-state index in [-0.39, 0.29) is 24.8 Å². The standard InChI is InChI=1S/C12H16F2N4O/c1-15-11(19)17-2-3-18-9(7-17)6-16-10(18)8-4-12(13,14)5-8/h6,8H,2-5,7H2,1H3,(H,15,19). The van der Waals surface area contributed by atoms with E-state index >= 15 is 0 Å². The minimum absolute atomic E-state index is 0.109. The lowest BCUT2D eigenvalue weighted by Gasteiger charge is -2.36. The van der Waals surface area contributed by atoms with E-state index in [1.165, 1.54) is 0 Å². The molecule has 0 bridgehead atoms. The summed E-state index contributed by atoms with van der Waals surface area (Å²) in [5.41, 5.74) is 0.917. The molecule has 1 aromatic rings. The van der Waals surface area contributed by atoms with E-state index < -0.39 is 5.92 Å². The minimum Gasteiger partial charge on any atom is -0.341 e. The van der Waals surface area contributed by atoms with Gasteiger partial charge in [0, 0.05) is 38.9 Å². The number of hydrogen-bond donors (Lipinski definition) is 1. The van der Waals surface area contributed by atoms with Crippen LogP contribution in [0.1, 0.15) is 30.3 Å². The first-order valence-corrected chi connectivity index (χ1v) is 6.39. The summed E-state index contributed by atoms with van der Waals surface area (Å²) in [7, 11) is 1.59. The second-order valence-electron chi connectivity index (χ2n) is 5.20. The number of halogens is 2. The van der Waals surface area contributed by atoms with Gasteiger partial charge in [-0.15, -0.1) is 0 Å². The Labute approximate surface area is 109 Å². The fourth-order valence-corrected chi connectivity index (χ4v) is 2.81. The Hall–Kier alpha value is -1.66. The first kappa shape index (κ1) is 12.4. The Morgan fingerprint density at radius 3 is 2.84 bits per heavy atom. The first-order valence-electron chi connectivity index (χ1n) is 6.39. The SMILES string of the molecule is CNC(=O)N1CCn2c(cnc2C2CC(F)(F)C2)C1. The van der Waals surface area contributed by atoms with Gasteiger partial charge in [0.2, 0.25) is 5.92 Å². The monoisotopic (exact) mass is 270 g/mol. The molecular weight excluding hydrogens is 254 g/mol. The zero-order chi connectivity index (χ0) is 13.6. The van der Waals surface area contributed by atoms with Gasteiger partial charge in [-0.3, -0.25) is 0 Å². The number of carbonyl (C=O) groups is 1. The van der Waals surface area contributed by atoms with Gasteiger partial charge in [-0.25, -0.2) is 18.6 Å². The van der Waals surface area contributed by atoms with E-state index in [1.807, 2.05) is 4.57 Å². The van der Waals surface area contributed by atoms with Gasteiger partial charge in [-0.2, -0.15) is 0 Å². The van der Waals surface area contributed by atoms with E-state index in [0.29, 0.717) is 19.6 Å². The Morgan fingerprint density at radius 2 is 2.21 bits per heavy atom. The third-order valence-electron chi connectivity index (χ3n) is 3.87. The lowest BCUT2D eigenvalue weighted by Crippen LogP contribution is -2.43. The summed E-state index contributed by atoms with van der Waals surface area (Å²) < 4.78 is 27.8. The van der Waals surface area contributed by atoms with Crippen molar-refractivity contribution >= 4 is 6.03 Å². The van der Waals surface area contributed by atoms with E-state index in [4.69, 9.17) is 0 Å². The zero-order valence-electron chi connectivity index (χ0n) is 10.7. The summed E-state index contributed by atoms with van der Waals surface area (Å²) in [6, 6.07) is -0.121. The summed E-state index contributed by atoms with van der Waals surface area (Å²) in [5, 5.41) is 2.59. The molecule has 2 heterocycles. The number of amides is 2. The number of aromatic nitrogens is 2. The van der Waals surface area contributed by atoms with Gasteiger partial charge in [-0.05, 0) is 0 Å². The summed E-state index contributed by atoms with van der Waals surface area (Å²) in [6.45, 7) is 1.69. The summed E-state index contributed by atoms with van der Waals surface area (Å²) in [6.07, 6.45) is 1.48. The molecule has 1 N–H and O–H groups in total. The van der Waals surface area contributed by atoms with Gasteiger partial charge in [0.1, 0.15) is 5.82 Å². The van der Waals surface area contributed by atoms with Crippen LogP contribution in [-0.4, -0.2) is 40.0 Å². The predicted molar refractivity (Wildman–Crippen MR) is 64.0 cm³/mol. The van der Waals surface area contributed by atoms with Gasteiger partial charge in [0.25, 0.3) is 0 Å². The second-order valence-corrected chi connectivity index (χ2v) is 5.20. The maximum atomic E-state index is 12.9. The van der Waals surface area contributed by atoms with E-state index in [1.54, 1.807) is 18.1 Å². The number of nitrogens with zero attached hydrogens (tertiary/aromatic N) is 3. The van der Waals surface area contributed by atoms with Crippen molar-refractivity contribution in [1.29, 1.82) is 0 Å². The minimum atomic E-state index is -2.53. The lowest BCUT2D eigenvalue weighted by atomic mass is 9.80. The van der Waals surface area contributed by atoms with Crippen molar-refractivity contribution in [1.82, 2.24) is 19.8 Å². The Morgan fingerprint density at radius 1 is 1.47 bits per heavy atom. The van der Waals surface area contributed by atoms with Crippen LogP contribution in [0, 0.1) is 0 Å². The van der Waals surface area contributed by atoms with Gasteiger partial charge in [0.15, 0.2) is 0 Å². The quantitative estimate of drug-likeness (QED) is 0.841. The molecule has 1 aliphatic heterocycles. The molecule has 2 amide bonds. The highest BCUT2D eigenvalue weighted by atomic mass is 19.3. The van der Waals surface area contributed by atoms with Crippen LogP contribution in [0.25, 0.3) is 0 Å². The third kappa shape index (κ3) is 2.06. The summed E-state index contributed by atoms with van der Waals surface area (Å²) >= 11 is 0. The number of nitrogens with one attached hydrogen (secondary N) is 1. The molecular formula is C12H16F2N4O. The molecule has 0 unspecified atom stereocenters. The summed E-state index contributed by atoms with van der Waals surface area (Å²) in [5.74, 6) is -1.92. The molecule has 0 spiro atoms. The number of rotatable bonds is 1. The van der Waals surface area contributed by atoms with Gasteiger partial charge in [-0.1, -0.05) is 0 Å². The second kappa shape index (κ2) is 4.18. The van der Waals surface area contributed by atoms with Crippen LogP contribution in [0.15, 0.2) is 6.20 Å². The number of imidazole rings is 1. The van der Waals surface area contributed by atoms with Crippen molar-refractivity contribution in [3.63, 3.8) is 0 Å². The largest absolute Gasteiger partial charge is 0.341 e. The van der Waals surface area contributed by atoms with Crippen LogP contribution in [0.3, 0.4) is 0 Å². The molecule has 0 saturated heterocycles. The van der Waals surface area contributed by atoms with E-state index in [9.17, 15) is 13.6 Å². The molecule has 19 heavy (non-hydrogen) atoms. The van der Waals surface area contributed by atoms with Crippen LogP contribution in [0.4, 0.5) is 13.6 Å². The van der Waals surface area contributed by atoms with Crippen molar-refractivity contribution < 1.29 is 13.6 Å². The Balaban J connectivity index is 1.75. The maximum absolute atomic E-state index is 12.9. The van der Waals surface area contributed by atoms with Gasteiger partial charge >= 0.3 is 6.03 Å². The fourth-order valence-electron chi connectivity index (χ4n) is 2.81. The summed E-state index contributed by atoms with van der Waals surface area (Å²) in [4.78, 5) is 17.5. The fraction of sp³-hybridized carbons (Fsp3) is 0.667. The van der Waals surface area contributed by atoms with E-state index in [2.05, 4.69) is 10.3 Å². The molecule has 104 valence electrons. The smallest absolute Gasteiger partial charge is 0.317 e. The van der Waals surface area contributed by atoms with Crippen LogP contribution in [0.5, 0.6) is 0 Å². The number of alkyl halides is 2. The van der Waals surface area contributed by atoms with E-state index in [0.717, 1.165) is 11.5 Å². The van der Waals surface area contributed by atoms with Crippen molar-refractivity contribution in [2.45, 2.75) is 37.8 Å². The molecule has 3 rings (SSSR count). The normalized spacial score (nSPS) is 21.7. The maximum Gasteiger partial charge on any atom is 0.317 e. The molecule has 2 aliphatic rings. The van der Waals surface area contributed by atoms with Crippen LogP contribution < -0.4 is 5.32 Å². The Bertz CT molecular complexity index is 506. The number of urea groups is 1. The third-order valence-corrected chi connectivity index (χ3v) is 3.87. The number of carbonyl (C=O) groups excluding carboxylic acids is 1. The van der Waals surface area contributed by atoms with Crippen molar-refractivity contribution in [3.05, 3.63) is 17.7 Å². The average molecular weight is 270 g/mol. The number of hydrogen-bond acceptors (Lipinski definition) is 2. The molecule has 1 aromatic heterocycles. The van der Waals surface area contributed by atoms with Crippen molar-refractivity contribution in [3.8, 4) is 0 Å². The molecule has 0 radical (unpaired) electrons. The van der Waals surface area contributed by atoms with Gasteiger partial charge < -0.3 is 14.8 Å². The highest BCUT2D eigenvalue weighted by Gasteiger charge is 2.48. The molecule has 1 fully saturated rings. The Kier molecular flexibility index (Phi) is 2.72. The predicted octanol–water partition coefficient (Wildman–Crippen LogP) is 1.55. The highest BCUT2D eigenvalue weighted by Crippen LogP contribution is 2.48. The molecule has 0 atom stereocenters. The highest BCUT2D eigenvalue weighted by molar-refractivity contribution is 5.73. The van der Waals surface area contributed by atoms with Crippen LogP contribution >= 0.6 is 0 Å². The van der Waals surface area contributed by atoms with Gasteiger partial charge in [0.05, 0.1) is 18.4 Å². The molecule has 7 heteroatoms. The molecule has 1 saturated carbocycles. The number of fused-ring (bicyclic) bond motifs is 1. The molecule has 0 aromatic carbocycles. The van der Waals surface area contributed by atoms with Crippen LogP contribution in [-0.2, 0) is 13.1 Å². The lowest BCUT2D eigenvalue weighted by molar-refractivity contribution is -0.0892. The average Bonchev–Trinajstić information content (AvgIpc) is 2.77. The van der Waals surface area contributed by atoms with Crippen molar-refractivity contribution in [2.24, 2.45) is 0 Å². The topological polar surface area (TPSA) is 50.2 Å². The zero-order valence-corrected chi connectivity index (χ0v) is 10.7. The molecule has 1 aliphatic carbocycles.